The number of hydrogen-bond donors (Lipinski definition) is 1. The molecule has 1 atom stereocenters. The quantitative estimate of drug-likeness (QED) is 0.857. The summed E-state index contributed by atoms with van der Waals surface area (Å²) in [6, 6.07) is 5.51. The molecule has 2 saturated heterocycles. The largest absolute Gasteiger partial charge is 0.493 e. The predicted octanol–water partition coefficient (Wildman–Crippen LogP) is 1.16. The van der Waals surface area contributed by atoms with Gasteiger partial charge in [-0.25, -0.2) is 0 Å². The highest BCUT2D eigenvalue weighted by Crippen LogP contribution is 2.43. The number of fused-ring (bicyclic) bond motifs is 1. The summed E-state index contributed by atoms with van der Waals surface area (Å²) in [6.07, 6.45) is 1.84. The molecule has 1 aromatic carbocycles. The highest BCUT2D eigenvalue weighted by Gasteiger charge is 2.55. The van der Waals surface area contributed by atoms with Crippen LogP contribution in [0.4, 0.5) is 0 Å². The number of ether oxygens (including phenoxy) is 1. The Morgan fingerprint density at radius 1 is 1.27 bits per heavy atom. The van der Waals surface area contributed by atoms with Gasteiger partial charge in [-0.1, -0.05) is 0 Å². The van der Waals surface area contributed by atoms with Crippen LogP contribution in [0.1, 0.15) is 35.2 Å². The molecule has 0 radical (unpaired) electrons. The van der Waals surface area contributed by atoms with Crippen molar-refractivity contribution in [2.75, 3.05) is 26.7 Å². The minimum absolute atomic E-state index is 0.0462. The Labute approximate surface area is 151 Å². The number of amides is 2. The van der Waals surface area contributed by atoms with Crippen molar-refractivity contribution in [2.45, 2.75) is 31.2 Å². The SMILES string of the molecule is CN1C(=O)CC(C(=O)O)C12CCN(C(=O)c1ccc3c(c1)CCO3)CC2. The average molecular weight is 358 g/mol. The zero-order valence-corrected chi connectivity index (χ0v) is 14.7. The van der Waals surface area contributed by atoms with E-state index < -0.39 is 17.4 Å². The smallest absolute Gasteiger partial charge is 0.309 e. The number of nitrogens with zero attached hydrogens (tertiary/aromatic N) is 2. The van der Waals surface area contributed by atoms with Crippen LogP contribution >= 0.6 is 0 Å². The monoisotopic (exact) mass is 358 g/mol. The van der Waals surface area contributed by atoms with Crippen LogP contribution in [0.3, 0.4) is 0 Å². The summed E-state index contributed by atoms with van der Waals surface area (Å²) in [5.74, 6) is -0.964. The third kappa shape index (κ3) is 2.45. The van der Waals surface area contributed by atoms with Crippen LogP contribution in [0.15, 0.2) is 18.2 Å². The van der Waals surface area contributed by atoms with Gasteiger partial charge in [-0.2, -0.15) is 0 Å². The van der Waals surface area contributed by atoms with Gasteiger partial charge < -0.3 is 19.6 Å². The zero-order valence-electron chi connectivity index (χ0n) is 14.7. The van der Waals surface area contributed by atoms with E-state index in [4.69, 9.17) is 4.74 Å². The molecule has 0 saturated carbocycles. The van der Waals surface area contributed by atoms with Gasteiger partial charge in [0.2, 0.25) is 5.91 Å². The van der Waals surface area contributed by atoms with E-state index in [9.17, 15) is 19.5 Å². The zero-order chi connectivity index (χ0) is 18.5. The predicted molar refractivity (Wildman–Crippen MR) is 92.0 cm³/mol. The van der Waals surface area contributed by atoms with Crippen molar-refractivity contribution in [1.29, 1.82) is 0 Å². The van der Waals surface area contributed by atoms with Crippen LogP contribution in [0.5, 0.6) is 5.75 Å². The number of carbonyl (C=O) groups is 3. The highest BCUT2D eigenvalue weighted by atomic mass is 16.5. The molecule has 1 N–H and O–H groups in total. The van der Waals surface area contributed by atoms with E-state index >= 15 is 0 Å². The van der Waals surface area contributed by atoms with E-state index in [1.165, 1.54) is 0 Å². The van der Waals surface area contributed by atoms with Crippen LogP contribution in [0.25, 0.3) is 0 Å². The molecule has 3 heterocycles. The molecule has 26 heavy (non-hydrogen) atoms. The highest BCUT2D eigenvalue weighted by molar-refractivity contribution is 5.95. The molecule has 2 fully saturated rings. The first-order valence-corrected chi connectivity index (χ1v) is 8.97. The van der Waals surface area contributed by atoms with E-state index in [1.807, 2.05) is 12.1 Å². The minimum atomic E-state index is -0.930. The normalized spacial score (nSPS) is 23.9. The molecule has 4 rings (SSSR count). The second-order valence-electron chi connectivity index (χ2n) is 7.36. The molecule has 3 aliphatic rings. The van der Waals surface area contributed by atoms with Gasteiger partial charge in [-0.15, -0.1) is 0 Å². The van der Waals surface area contributed by atoms with Gasteiger partial charge in [0.15, 0.2) is 0 Å². The fourth-order valence-electron chi connectivity index (χ4n) is 4.58. The molecular formula is C19H22N2O5. The van der Waals surface area contributed by atoms with Crippen molar-refractivity contribution in [2.24, 2.45) is 5.92 Å². The second kappa shape index (κ2) is 6.00. The average Bonchev–Trinajstić information content (AvgIpc) is 3.20. The number of aliphatic carboxylic acids is 1. The summed E-state index contributed by atoms with van der Waals surface area (Å²) in [5.41, 5.74) is 1.01. The van der Waals surface area contributed by atoms with E-state index in [2.05, 4.69) is 0 Å². The van der Waals surface area contributed by atoms with Crippen LogP contribution < -0.4 is 4.74 Å². The van der Waals surface area contributed by atoms with E-state index in [1.54, 1.807) is 22.9 Å². The summed E-state index contributed by atoms with van der Waals surface area (Å²) in [4.78, 5) is 39.9. The molecule has 7 nitrogen and oxygen atoms in total. The standard InChI is InChI=1S/C19H22N2O5/c1-20-16(22)11-14(18(24)25)19(20)5-7-21(8-6-19)17(23)13-2-3-15-12(10-13)4-9-26-15/h2-3,10,14H,4-9,11H2,1H3,(H,24,25). The van der Waals surface area contributed by atoms with Crippen molar-refractivity contribution >= 4 is 17.8 Å². The summed E-state index contributed by atoms with van der Waals surface area (Å²) < 4.78 is 5.48. The maximum absolute atomic E-state index is 12.9. The third-order valence-electron chi connectivity index (χ3n) is 6.22. The lowest BCUT2D eigenvalue weighted by Gasteiger charge is -2.45. The minimum Gasteiger partial charge on any atom is -0.493 e. The molecule has 0 bridgehead atoms. The number of piperidine rings is 1. The lowest BCUT2D eigenvalue weighted by molar-refractivity contribution is -0.145. The number of benzene rings is 1. The van der Waals surface area contributed by atoms with Gasteiger partial charge in [0.1, 0.15) is 5.75 Å². The van der Waals surface area contributed by atoms with Gasteiger partial charge in [0, 0.05) is 38.5 Å². The van der Waals surface area contributed by atoms with Crippen molar-refractivity contribution < 1.29 is 24.2 Å². The summed E-state index contributed by atoms with van der Waals surface area (Å²) >= 11 is 0. The van der Waals surface area contributed by atoms with Crippen molar-refractivity contribution in [3.05, 3.63) is 29.3 Å². The van der Waals surface area contributed by atoms with Crippen LogP contribution in [0, 0.1) is 5.92 Å². The van der Waals surface area contributed by atoms with Crippen molar-refractivity contribution in [1.82, 2.24) is 9.80 Å². The molecule has 138 valence electrons. The fraction of sp³-hybridized carbons (Fsp3) is 0.526. The molecule has 2 amide bonds. The molecule has 3 aliphatic heterocycles. The number of likely N-dealkylation sites (tertiary alicyclic amines) is 2. The Hall–Kier alpha value is -2.57. The van der Waals surface area contributed by atoms with Gasteiger partial charge in [-0.3, -0.25) is 14.4 Å². The summed E-state index contributed by atoms with van der Waals surface area (Å²) in [6.45, 7) is 1.55. The molecule has 7 heteroatoms. The molecule has 1 spiro atoms. The van der Waals surface area contributed by atoms with Crippen LogP contribution in [-0.2, 0) is 16.0 Å². The van der Waals surface area contributed by atoms with Gasteiger partial charge >= 0.3 is 5.97 Å². The fourth-order valence-corrected chi connectivity index (χ4v) is 4.58. The Bertz CT molecular complexity index is 782. The lowest BCUT2D eigenvalue weighted by atomic mass is 9.77. The number of carboxylic acids is 1. The first kappa shape index (κ1) is 16.9. The third-order valence-corrected chi connectivity index (χ3v) is 6.22. The van der Waals surface area contributed by atoms with Gasteiger partial charge in [-0.05, 0) is 36.6 Å². The Balaban J connectivity index is 1.50. The molecule has 0 aliphatic carbocycles. The Kier molecular flexibility index (Phi) is 3.89. The summed E-state index contributed by atoms with van der Waals surface area (Å²) in [7, 11) is 1.68. The van der Waals surface area contributed by atoms with Crippen molar-refractivity contribution in [3.8, 4) is 5.75 Å². The second-order valence-corrected chi connectivity index (χ2v) is 7.36. The first-order valence-electron chi connectivity index (χ1n) is 8.97. The van der Waals surface area contributed by atoms with Gasteiger partial charge in [0.25, 0.3) is 5.91 Å². The maximum Gasteiger partial charge on any atom is 0.309 e. The van der Waals surface area contributed by atoms with E-state index in [-0.39, 0.29) is 18.2 Å². The Morgan fingerprint density at radius 2 is 2.00 bits per heavy atom. The number of carbonyl (C=O) groups excluding carboxylic acids is 2. The number of rotatable bonds is 2. The topological polar surface area (TPSA) is 87.2 Å². The van der Waals surface area contributed by atoms with E-state index in [0.29, 0.717) is 38.1 Å². The van der Waals surface area contributed by atoms with Crippen LogP contribution in [-0.4, -0.2) is 65.0 Å². The number of hydrogen-bond acceptors (Lipinski definition) is 4. The van der Waals surface area contributed by atoms with Crippen LogP contribution in [0.2, 0.25) is 0 Å². The lowest BCUT2D eigenvalue weighted by Crippen LogP contribution is -2.56. The maximum atomic E-state index is 12.9. The Morgan fingerprint density at radius 3 is 2.69 bits per heavy atom. The first-order chi connectivity index (χ1) is 12.4. The number of carboxylic acid groups (broad SMARTS) is 1. The summed E-state index contributed by atoms with van der Waals surface area (Å²) in [5, 5.41) is 9.54. The molecule has 1 aromatic rings. The molecule has 0 aromatic heterocycles. The van der Waals surface area contributed by atoms with Gasteiger partial charge in [0.05, 0.1) is 18.1 Å². The molecule has 1 unspecified atom stereocenters. The van der Waals surface area contributed by atoms with E-state index in [0.717, 1.165) is 17.7 Å². The van der Waals surface area contributed by atoms with Crippen molar-refractivity contribution in [3.63, 3.8) is 0 Å². The molecular weight excluding hydrogens is 336 g/mol.